The molecule has 2 heterocycles. The zero-order valence-corrected chi connectivity index (χ0v) is 13.8. The van der Waals surface area contributed by atoms with E-state index in [-0.39, 0.29) is 11.0 Å². The van der Waals surface area contributed by atoms with E-state index in [1.54, 1.807) is 18.2 Å². The van der Waals surface area contributed by atoms with Gasteiger partial charge in [0.15, 0.2) is 9.84 Å². The summed E-state index contributed by atoms with van der Waals surface area (Å²) < 4.78 is 29.2. The van der Waals surface area contributed by atoms with Gasteiger partial charge in [-0.1, -0.05) is 6.07 Å². The van der Waals surface area contributed by atoms with E-state index in [4.69, 9.17) is 10.5 Å². The molecule has 23 heavy (non-hydrogen) atoms. The van der Waals surface area contributed by atoms with E-state index in [1.165, 1.54) is 6.26 Å². The Balaban J connectivity index is 1.92. The first-order chi connectivity index (χ1) is 10.9. The number of allylic oxidation sites excluding steroid dienone is 1. The van der Waals surface area contributed by atoms with Gasteiger partial charge >= 0.3 is 0 Å². The number of hydrogen-bond donors (Lipinski definition) is 3. The predicted octanol–water partition coefficient (Wildman–Crippen LogP) is 1.34. The normalized spacial score (nSPS) is 21.8. The summed E-state index contributed by atoms with van der Waals surface area (Å²) in [7, 11) is -3.24. The van der Waals surface area contributed by atoms with Crippen molar-refractivity contribution in [3.05, 3.63) is 47.4 Å². The Kier molecular flexibility index (Phi) is 4.32. The summed E-state index contributed by atoms with van der Waals surface area (Å²) in [5, 5.41) is 6.42. The Morgan fingerprint density at radius 1 is 1.39 bits per heavy atom. The Bertz CT molecular complexity index is 763. The minimum absolute atomic E-state index is 0.0763. The number of nitrogens with two attached hydrogens (primary N) is 1. The van der Waals surface area contributed by atoms with Crippen molar-refractivity contribution in [3.8, 4) is 0 Å². The van der Waals surface area contributed by atoms with Gasteiger partial charge in [0.2, 0.25) is 0 Å². The minimum Gasteiger partial charge on any atom is -0.385 e. The van der Waals surface area contributed by atoms with E-state index in [1.807, 2.05) is 12.1 Å². The molecule has 0 radical (unpaired) electrons. The smallest absolute Gasteiger partial charge is 0.175 e. The fourth-order valence-corrected chi connectivity index (χ4v) is 3.47. The molecule has 0 aromatic heterocycles. The lowest BCUT2D eigenvalue weighted by Gasteiger charge is -2.25. The van der Waals surface area contributed by atoms with Crippen LogP contribution >= 0.6 is 0 Å². The van der Waals surface area contributed by atoms with Crippen molar-refractivity contribution in [2.45, 2.75) is 23.8 Å². The van der Waals surface area contributed by atoms with Crippen LogP contribution in [0.4, 0.5) is 5.69 Å². The summed E-state index contributed by atoms with van der Waals surface area (Å²) in [6.07, 6.45) is 5.13. The number of ether oxygens (including phenoxy) is 1. The number of benzene rings is 1. The molecule has 3 rings (SSSR count). The van der Waals surface area contributed by atoms with Gasteiger partial charge < -0.3 is 21.1 Å². The molecule has 7 heteroatoms. The van der Waals surface area contributed by atoms with Crippen LogP contribution in [-0.4, -0.2) is 33.9 Å². The molecule has 1 saturated heterocycles. The van der Waals surface area contributed by atoms with Gasteiger partial charge in [0.1, 0.15) is 0 Å². The predicted molar refractivity (Wildman–Crippen MR) is 89.4 cm³/mol. The second-order valence-electron chi connectivity index (χ2n) is 5.82. The van der Waals surface area contributed by atoms with Crippen LogP contribution in [0.2, 0.25) is 0 Å². The zero-order valence-electron chi connectivity index (χ0n) is 13.0. The van der Waals surface area contributed by atoms with Gasteiger partial charge in [-0.3, -0.25) is 0 Å². The molecule has 0 amide bonds. The molecular formula is C16H21N3O3S. The van der Waals surface area contributed by atoms with E-state index in [9.17, 15) is 8.42 Å². The lowest BCUT2D eigenvalue weighted by atomic mass is 10.0. The molecule has 1 unspecified atom stereocenters. The number of rotatable bonds is 4. The summed E-state index contributed by atoms with van der Waals surface area (Å²) in [6, 6.07) is 6.77. The third kappa shape index (κ3) is 3.68. The third-order valence-electron chi connectivity index (χ3n) is 3.99. The maximum atomic E-state index is 11.7. The molecule has 1 aromatic carbocycles. The molecule has 124 valence electrons. The highest BCUT2D eigenvalue weighted by atomic mass is 32.2. The monoisotopic (exact) mass is 335 g/mol. The first-order valence-corrected chi connectivity index (χ1v) is 9.45. The molecule has 0 saturated carbocycles. The van der Waals surface area contributed by atoms with Gasteiger partial charge in [0.05, 0.1) is 16.8 Å². The van der Waals surface area contributed by atoms with Gasteiger partial charge in [-0.2, -0.15) is 0 Å². The van der Waals surface area contributed by atoms with Crippen LogP contribution in [0, 0.1) is 0 Å². The Morgan fingerprint density at radius 3 is 2.91 bits per heavy atom. The van der Waals surface area contributed by atoms with Crippen LogP contribution in [0.15, 0.2) is 52.3 Å². The summed E-state index contributed by atoms with van der Waals surface area (Å²) in [5.74, 6) is 0.577. The molecule has 4 N–H and O–H groups in total. The number of dihydropyridines is 1. The van der Waals surface area contributed by atoms with Crippen molar-refractivity contribution in [2.24, 2.45) is 5.73 Å². The molecule has 1 aromatic rings. The highest BCUT2D eigenvalue weighted by Gasteiger charge is 2.25. The third-order valence-corrected chi connectivity index (χ3v) is 5.10. The standard InChI is InChI=1S/C16H21N3O3S/c1-23(20,21)12-5-2-4-11(8-12)19-14-9-16(17)18-10-13(14)15-6-3-7-22-15/h2,4-5,8-9,15,18-19H,3,6-7,10,17H2,1H3. The molecule has 1 atom stereocenters. The maximum Gasteiger partial charge on any atom is 0.175 e. The number of nitrogens with one attached hydrogen (secondary N) is 2. The van der Waals surface area contributed by atoms with Crippen LogP contribution in [0.5, 0.6) is 0 Å². The second-order valence-corrected chi connectivity index (χ2v) is 7.83. The molecule has 2 aliphatic heterocycles. The summed E-state index contributed by atoms with van der Waals surface area (Å²) in [6.45, 7) is 1.39. The average molecular weight is 335 g/mol. The van der Waals surface area contributed by atoms with E-state index in [0.717, 1.165) is 30.7 Å². The van der Waals surface area contributed by atoms with Crippen molar-refractivity contribution in [1.82, 2.24) is 5.32 Å². The summed E-state index contributed by atoms with van der Waals surface area (Å²) in [4.78, 5) is 0.285. The zero-order chi connectivity index (χ0) is 16.4. The molecule has 6 nitrogen and oxygen atoms in total. The topological polar surface area (TPSA) is 93.5 Å². The summed E-state index contributed by atoms with van der Waals surface area (Å²) >= 11 is 0. The van der Waals surface area contributed by atoms with Crippen LogP contribution in [0.1, 0.15) is 12.8 Å². The number of sulfone groups is 1. The molecular weight excluding hydrogens is 314 g/mol. The van der Waals surface area contributed by atoms with Crippen molar-refractivity contribution in [1.29, 1.82) is 0 Å². The second kappa shape index (κ2) is 6.25. The van der Waals surface area contributed by atoms with Crippen LogP contribution in [0.25, 0.3) is 0 Å². The van der Waals surface area contributed by atoms with E-state index < -0.39 is 9.84 Å². The molecule has 0 spiro atoms. The first-order valence-electron chi connectivity index (χ1n) is 7.56. The molecule has 0 aliphatic carbocycles. The van der Waals surface area contributed by atoms with Gasteiger partial charge in [-0.15, -0.1) is 0 Å². The number of hydrogen-bond acceptors (Lipinski definition) is 6. The largest absolute Gasteiger partial charge is 0.385 e. The summed E-state index contributed by atoms with van der Waals surface area (Å²) in [5.41, 5.74) is 8.58. The Labute approximate surface area is 136 Å². The fraction of sp³-hybridized carbons (Fsp3) is 0.375. The lowest BCUT2D eigenvalue weighted by molar-refractivity contribution is 0.134. The van der Waals surface area contributed by atoms with Crippen molar-refractivity contribution in [2.75, 3.05) is 24.7 Å². The van der Waals surface area contributed by atoms with E-state index >= 15 is 0 Å². The van der Waals surface area contributed by atoms with Gasteiger partial charge in [0.25, 0.3) is 0 Å². The van der Waals surface area contributed by atoms with Gasteiger partial charge in [-0.05, 0) is 31.0 Å². The molecule has 1 fully saturated rings. The van der Waals surface area contributed by atoms with Crippen LogP contribution in [0.3, 0.4) is 0 Å². The molecule has 2 aliphatic rings. The highest BCUT2D eigenvalue weighted by Crippen LogP contribution is 2.26. The Morgan fingerprint density at radius 2 is 2.22 bits per heavy atom. The van der Waals surface area contributed by atoms with Gasteiger partial charge in [-0.25, -0.2) is 8.42 Å². The van der Waals surface area contributed by atoms with Crippen molar-refractivity contribution < 1.29 is 13.2 Å². The van der Waals surface area contributed by atoms with Crippen LogP contribution in [-0.2, 0) is 14.6 Å². The lowest BCUT2D eigenvalue weighted by Crippen LogP contribution is -2.32. The number of anilines is 1. The average Bonchev–Trinajstić information content (AvgIpc) is 3.01. The molecule has 0 bridgehead atoms. The SMILES string of the molecule is CS(=O)(=O)c1cccc(NC2=C(C3CCCO3)CNC(N)=C2)c1. The maximum absolute atomic E-state index is 11.7. The van der Waals surface area contributed by atoms with Crippen molar-refractivity contribution >= 4 is 15.5 Å². The van der Waals surface area contributed by atoms with Gasteiger partial charge in [0, 0.05) is 42.4 Å². The fourth-order valence-electron chi connectivity index (χ4n) is 2.81. The van der Waals surface area contributed by atoms with Crippen molar-refractivity contribution in [3.63, 3.8) is 0 Å². The first kappa shape index (κ1) is 15.9. The Hall–Kier alpha value is -1.99. The minimum atomic E-state index is -3.24. The van der Waals surface area contributed by atoms with E-state index in [2.05, 4.69) is 10.6 Å². The highest BCUT2D eigenvalue weighted by molar-refractivity contribution is 7.90. The van der Waals surface area contributed by atoms with E-state index in [0.29, 0.717) is 18.1 Å². The van der Waals surface area contributed by atoms with Crippen LogP contribution < -0.4 is 16.4 Å². The quantitative estimate of drug-likeness (QED) is 0.769.